The molecule has 4 heteroatoms. The highest BCUT2D eigenvalue weighted by Gasteiger charge is 2.39. The Morgan fingerprint density at radius 2 is 1.69 bits per heavy atom. The highest BCUT2D eigenvalue weighted by atomic mass is 16.5. The first kappa shape index (κ1) is 17.6. The lowest BCUT2D eigenvalue weighted by Crippen LogP contribution is -2.28. The highest BCUT2D eigenvalue weighted by molar-refractivity contribution is 6.12. The lowest BCUT2D eigenvalue weighted by atomic mass is 9.97. The summed E-state index contributed by atoms with van der Waals surface area (Å²) in [5.41, 5.74) is 7.08. The lowest BCUT2D eigenvalue weighted by molar-refractivity contribution is 0.0993. The number of nitrogens with zero attached hydrogens (tertiary/aromatic N) is 1. The number of ether oxygens (including phenoxy) is 1. The Morgan fingerprint density at radius 1 is 0.931 bits per heavy atom. The van der Waals surface area contributed by atoms with Gasteiger partial charge in [0.2, 0.25) is 0 Å². The second-order valence-corrected chi connectivity index (χ2v) is 7.67. The van der Waals surface area contributed by atoms with Crippen molar-refractivity contribution >= 4 is 22.5 Å². The van der Waals surface area contributed by atoms with Crippen LogP contribution in [0.15, 0.2) is 66.9 Å². The van der Waals surface area contributed by atoms with E-state index in [0.717, 1.165) is 50.2 Å². The first-order valence-corrected chi connectivity index (χ1v) is 9.72. The van der Waals surface area contributed by atoms with Crippen LogP contribution in [-0.4, -0.2) is 18.0 Å². The highest BCUT2D eigenvalue weighted by Crippen LogP contribution is 2.44. The van der Waals surface area contributed by atoms with Gasteiger partial charge < -0.3 is 9.72 Å². The van der Waals surface area contributed by atoms with Gasteiger partial charge in [-0.1, -0.05) is 24.3 Å². The summed E-state index contributed by atoms with van der Waals surface area (Å²) in [6, 6.07) is 20.0. The zero-order valence-corrected chi connectivity index (χ0v) is 16.7. The Bertz CT molecular complexity index is 1230. The number of carbonyl (C=O) groups is 1. The fraction of sp³-hybridized carbons (Fsp3) is 0.160. The van der Waals surface area contributed by atoms with Crippen LogP contribution in [0.2, 0.25) is 0 Å². The molecule has 0 fully saturated rings. The van der Waals surface area contributed by atoms with Gasteiger partial charge in [0.05, 0.1) is 13.2 Å². The van der Waals surface area contributed by atoms with Gasteiger partial charge in [-0.2, -0.15) is 0 Å². The predicted molar refractivity (Wildman–Crippen MR) is 116 cm³/mol. The molecule has 0 bridgehead atoms. The van der Waals surface area contributed by atoms with Gasteiger partial charge in [-0.3, -0.25) is 9.69 Å². The Kier molecular flexibility index (Phi) is 3.95. The summed E-state index contributed by atoms with van der Waals surface area (Å²) in [6.45, 7) is 4.13. The molecule has 0 radical (unpaired) electrons. The molecule has 2 heterocycles. The summed E-state index contributed by atoms with van der Waals surface area (Å²) in [5, 5.41) is 1.06. The van der Waals surface area contributed by atoms with E-state index < -0.39 is 0 Å². The fourth-order valence-electron chi connectivity index (χ4n) is 4.45. The van der Waals surface area contributed by atoms with Crippen LogP contribution >= 0.6 is 0 Å². The van der Waals surface area contributed by atoms with Crippen molar-refractivity contribution in [3.8, 4) is 5.75 Å². The molecule has 0 aliphatic carbocycles. The molecule has 4 aromatic rings. The molecule has 3 aromatic carbocycles. The number of aromatic nitrogens is 1. The predicted octanol–water partition coefficient (Wildman–Crippen LogP) is 5.54. The number of amides is 1. The molecule has 29 heavy (non-hydrogen) atoms. The number of aromatic amines is 1. The molecule has 0 saturated carbocycles. The molecule has 1 aromatic heterocycles. The second-order valence-electron chi connectivity index (χ2n) is 7.67. The van der Waals surface area contributed by atoms with Crippen LogP contribution in [0.4, 0.5) is 5.69 Å². The first-order chi connectivity index (χ1) is 14.1. The number of fused-ring (bicyclic) bond motifs is 2. The monoisotopic (exact) mass is 382 g/mol. The first-order valence-electron chi connectivity index (χ1n) is 9.72. The largest absolute Gasteiger partial charge is 0.497 e. The molecular weight excluding hydrogens is 360 g/mol. The summed E-state index contributed by atoms with van der Waals surface area (Å²) < 4.78 is 5.45. The Balaban J connectivity index is 1.76. The van der Waals surface area contributed by atoms with Crippen LogP contribution in [0.3, 0.4) is 0 Å². The number of aryl methyl sites for hydroxylation is 2. The average Bonchev–Trinajstić information content (AvgIpc) is 3.25. The number of H-pyrrole nitrogens is 1. The normalized spacial score (nSPS) is 15.8. The van der Waals surface area contributed by atoms with E-state index >= 15 is 0 Å². The minimum atomic E-state index is -0.194. The molecule has 1 aliphatic rings. The number of hydrogen-bond donors (Lipinski definition) is 1. The van der Waals surface area contributed by atoms with Crippen molar-refractivity contribution in [1.82, 2.24) is 4.98 Å². The molecule has 1 N–H and O–H groups in total. The summed E-state index contributed by atoms with van der Waals surface area (Å²) in [5.74, 6) is 0.835. The average molecular weight is 382 g/mol. The van der Waals surface area contributed by atoms with E-state index in [-0.39, 0.29) is 11.9 Å². The zero-order chi connectivity index (χ0) is 20.1. The van der Waals surface area contributed by atoms with Crippen LogP contribution in [0, 0.1) is 13.8 Å². The number of benzene rings is 3. The number of rotatable bonds is 3. The van der Waals surface area contributed by atoms with E-state index in [1.807, 2.05) is 47.5 Å². The summed E-state index contributed by atoms with van der Waals surface area (Å²) in [4.78, 5) is 18.8. The van der Waals surface area contributed by atoms with E-state index in [1.165, 1.54) is 0 Å². The van der Waals surface area contributed by atoms with Crippen molar-refractivity contribution in [2.24, 2.45) is 0 Å². The molecule has 0 spiro atoms. The minimum absolute atomic E-state index is 0.0350. The minimum Gasteiger partial charge on any atom is -0.497 e. The van der Waals surface area contributed by atoms with Gasteiger partial charge in [-0.05, 0) is 66.9 Å². The van der Waals surface area contributed by atoms with Crippen molar-refractivity contribution in [1.29, 1.82) is 0 Å². The third-order valence-electron chi connectivity index (χ3n) is 5.66. The molecule has 0 saturated heterocycles. The number of hydrogen-bond acceptors (Lipinski definition) is 2. The van der Waals surface area contributed by atoms with E-state index in [4.69, 9.17) is 4.74 Å². The SMILES string of the molecule is COc1ccc2[nH]cc([C@@H]3c4ccccc4C(=O)N3c3cc(C)cc(C)c3)c2c1. The van der Waals surface area contributed by atoms with Crippen molar-refractivity contribution in [3.05, 3.63) is 94.7 Å². The van der Waals surface area contributed by atoms with Gasteiger partial charge in [0.25, 0.3) is 5.91 Å². The van der Waals surface area contributed by atoms with Gasteiger partial charge >= 0.3 is 0 Å². The lowest BCUT2D eigenvalue weighted by Gasteiger charge is -2.26. The molecule has 0 unspecified atom stereocenters. The van der Waals surface area contributed by atoms with E-state index in [9.17, 15) is 4.79 Å². The molecule has 5 rings (SSSR count). The molecule has 1 amide bonds. The Labute approximate surface area is 169 Å². The van der Waals surface area contributed by atoms with E-state index in [0.29, 0.717) is 0 Å². The quantitative estimate of drug-likeness (QED) is 0.505. The van der Waals surface area contributed by atoms with Gasteiger partial charge in [-0.25, -0.2) is 0 Å². The second kappa shape index (κ2) is 6.52. The van der Waals surface area contributed by atoms with E-state index in [2.05, 4.69) is 43.1 Å². The number of anilines is 1. The van der Waals surface area contributed by atoms with Crippen molar-refractivity contribution in [2.45, 2.75) is 19.9 Å². The fourth-order valence-corrected chi connectivity index (χ4v) is 4.45. The number of carbonyl (C=O) groups excluding carboxylic acids is 1. The van der Waals surface area contributed by atoms with Crippen LogP contribution in [0.1, 0.15) is 38.7 Å². The molecule has 1 atom stereocenters. The maximum Gasteiger partial charge on any atom is 0.259 e. The van der Waals surface area contributed by atoms with Crippen molar-refractivity contribution in [2.75, 3.05) is 12.0 Å². The standard InChI is InChI=1S/C25H22N2O2/c1-15-10-16(2)12-17(11-15)27-24(19-6-4-5-7-20(19)25(27)28)22-14-26-23-9-8-18(29-3)13-21(22)23/h4-14,24,26H,1-3H3/t24-/m0/s1. The van der Waals surface area contributed by atoms with Crippen LogP contribution in [-0.2, 0) is 0 Å². The zero-order valence-electron chi connectivity index (χ0n) is 16.7. The van der Waals surface area contributed by atoms with Gasteiger partial charge in [0.15, 0.2) is 0 Å². The number of nitrogens with one attached hydrogen (secondary N) is 1. The van der Waals surface area contributed by atoms with Gasteiger partial charge in [-0.15, -0.1) is 0 Å². The Hall–Kier alpha value is -3.53. The molecule has 4 nitrogen and oxygen atoms in total. The Morgan fingerprint density at radius 3 is 2.45 bits per heavy atom. The summed E-state index contributed by atoms with van der Waals surface area (Å²) in [6.07, 6.45) is 2.01. The maximum atomic E-state index is 13.5. The maximum absolute atomic E-state index is 13.5. The molecule has 144 valence electrons. The van der Waals surface area contributed by atoms with E-state index in [1.54, 1.807) is 7.11 Å². The smallest absolute Gasteiger partial charge is 0.259 e. The van der Waals surface area contributed by atoms with Crippen LogP contribution in [0.25, 0.3) is 10.9 Å². The van der Waals surface area contributed by atoms with Gasteiger partial charge in [0.1, 0.15) is 5.75 Å². The molecule has 1 aliphatic heterocycles. The van der Waals surface area contributed by atoms with Crippen LogP contribution < -0.4 is 9.64 Å². The summed E-state index contributed by atoms with van der Waals surface area (Å²) in [7, 11) is 1.67. The van der Waals surface area contributed by atoms with Crippen LogP contribution in [0.5, 0.6) is 5.75 Å². The third-order valence-corrected chi connectivity index (χ3v) is 5.66. The van der Waals surface area contributed by atoms with Gasteiger partial charge in [0, 0.05) is 33.9 Å². The third kappa shape index (κ3) is 2.71. The van der Waals surface area contributed by atoms with Crippen molar-refractivity contribution < 1.29 is 9.53 Å². The number of methoxy groups -OCH3 is 1. The topological polar surface area (TPSA) is 45.3 Å². The summed E-state index contributed by atoms with van der Waals surface area (Å²) >= 11 is 0. The van der Waals surface area contributed by atoms with Crippen molar-refractivity contribution in [3.63, 3.8) is 0 Å². The molecular formula is C25H22N2O2.